The van der Waals surface area contributed by atoms with E-state index in [0.29, 0.717) is 17.5 Å². The summed E-state index contributed by atoms with van der Waals surface area (Å²) < 4.78 is 13.8. The number of benzene rings is 1. The summed E-state index contributed by atoms with van der Waals surface area (Å²) in [6, 6.07) is 7.23. The molecular formula is C18H28FNO. The highest BCUT2D eigenvalue weighted by atomic mass is 19.1. The molecule has 1 fully saturated rings. The van der Waals surface area contributed by atoms with Crippen LogP contribution in [-0.2, 0) is 0 Å². The molecule has 1 N–H and O–H groups in total. The highest BCUT2D eigenvalue weighted by Crippen LogP contribution is 2.31. The van der Waals surface area contributed by atoms with E-state index in [-0.39, 0.29) is 11.7 Å². The minimum atomic E-state index is -0.730. The number of aliphatic hydroxyl groups is 1. The summed E-state index contributed by atoms with van der Waals surface area (Å²) in [5.41, 5.74) is 0.421. The molecule has 0 amide bonds. The monoisotopic (exact) mass is 293 g/mol. The first-order chi connectivity index (χ1) is 9.99. The van der Waals surface area contributed by atoms with Crippen LogP contribution in [0.1, 0.15) is 51.7 Å². The zero-order chi connectivity index (χ0) is 15.4. The lowest BCUT2D eigenvalue weighted by Crippen LogP contribution is -2.34. The molecule has 1 aromatic carbocycles. The Morgan fingerprint density at radius 2 is 1.90 bits per heavy atom. The summed E-state index contributed by atoms with van der Waals surface area (Å²) in [6.45, 7) is 8.41. The molecule has 0 bridgehead atoms. The van der Waals surface area contributed by atoms with E-state index >= 15 is 0 Å². The Kier molecular flexibility index (Phi) is 5.77. The van der Waals surface area contributed by atoms with Gasteiger partial charge in [0, 0.05) is 18.2 Å². The molecule has 2 nitrogen and oxygen atoms in total. The van der Waals surface area contributed by atoms with Gasteiger partial charge in [0.2, 0.25) is 0 Å². The number of rotatable bonds is 8. The van der Waals surface area contributed by atoms with Crippen molar-refractivity contribution in [1.29, 1.82) is 0 Å². The van der Waals surface area contributed by atoms with Crippen LogP contribution < -0.4 is 0 Å². The molecular weight excluding hydrogens is 265 g/mol. The molecule has 0 spiro atoms. The molecule has 1 saturated carbocycles. The van der Waals surface area contributed by atoms with Gasteiger partial charge in [0.1, 0.15) is 5.82 Å². The molecule has 2 unspecified atom stereocenters. The molecule has 1 aliphatic rings. The molecule has 21 heavy (non-hydrogen) atoms. The van der Waals surface area contributed by atoms with Crippen molar-refractivity contribution < 1.29 is 9.50 Å². The van der Waals surface area contributed by atoms with Crippen molar-refractivity contribution >= 4 is 0 Å². The summed E-state index contributed by atoms with van der Waals surface area (Å²) >= 11 is 0. The number of nitrogens with zero attached hydrogens (tertiary/aromatic N) is 1. The predicted octanol–water partition coefficient (Wildman–Crippen LogP) is 4.01. The Hall–Kier alpha value is -0.930. The fourth-order valence-corrected chi connectivity index (χ4v) is 2.78. The first kappa shape index (κ1) is 16.4. The maximum atomic E-state index is 13.8. The zero-order valence-electron chi connectivity index (χ0n) is 13.4. The first-order valence-corrected chi connectivity index (χ1v) is 8.15. The predicted molar refractivity (Wildman–Crippen MR) is 84.6 cm³/mol. The third-order valence-electron chi connectivity index (χ3n) is 4.34. The van der Waals surface area contributed by atoms with E-state index in [1.165, 1.54) is 25.3 Å². The Labute approximate surface area is 128 Å². The second kappa shape index (κ2) is 7.37. The average Bonchev–Trinajstić information content (AvgIpc) is 3.27. The van der Waals surface area contributed by atoms with Crippen LogP contribution in [0, 0.1) is 17.7 Å². The molecule has 0 aromatic heterocycles. The van der Waals surface area contributed by atoms with Gasteiger partial charge in [0.25, 0.3) is 0 Å². The molecule has 1 aliphatic carbocycles. The minimum Gasteiger partial charge on any atom is -0.388 e. The van der Waals surface area contributed by atoms with Gasteiger partial charge in [-0.15, -0.1) is 0 Å². The van der Waals surface area contributed by atoms with Gasteiger partial charge >= 0.3 is 0 Å². The van der Waals surface area contributed by atoms with E-state index < -0.39 is 6.10 Å². The molecule has 1 aromatic rings. The lowest BCUT2D eigenvalue weighted by Gasteiger charge is -2.29. The fraction of sp³-hybridized carbons (Fsp3) is 0.667. The van der Waals surface area contributed by atoms with Crippen LogP contribution in [0.5, 0.6) is 0 Å². The summed E-state index contributed by atoms with van der Waals surface area (Å²) in [7, 11) is 0. The van der Waals surface area contributed by atoms with Gasteiger partial charge in [-0.1, -0.05) is 39.0 Å². The summed E-state index contributed by atoms with van der Waals surface area (Å²) in [5, 5.41) is 10.4. The van der Waals surface area contributed by atoms with Crippen molar-refractivity contribution in [3.8, 4) is 0 Å². The largest absolute Gasteiger partial charge is 0.388 e. The van der Waals surface area contributed by atoms with Crippen molar-refractivity contribution in [3.05, 3.63) is 35.6 Å². The van der Waals surface area contributed by atoms with Gasteiger partial charge in [-0.05, 0) is 43.7 Å². The molecule has 0 heterocycles. The number of aliphatic hydroxyl groups excluding tert-OH is 1. The van der Waals surface area contributed by atoms with Crippen LogP contribution in [0.15, 0.2) is 24.3 Å². The Balaban J connectivity index is 1.95. The van der Waals surface area contributed by atoms with Gasteiger partial charge in [0.15, 0.2) is 0 Å². The lowest BCUT2D eigenvalue weighted by molar-refractivity contribution is 0.0813. The Morgan fingerprint density at radius 3 is 2.48 bits per heavy atom. The SMILES string of the molecule is CC(C)CCN(CC(C)C(O)c1ccccc1F)C1CC1. The molecule has 0 saturated heterocycles. The summed E-state index contributed by atoms with van der Waals surface area (Å²) in [4.78, 5) is 2.48. The van der Waals surface area contributed by atoms with Crippen molar-refractivity contribution in [2.75, 3.05) is 13.1 Å². The maximum absolute atomic E-state index is 13.8. The van der Waals surface area contributed by atoms with Gasteiger partial charge in [-0.2, -0.15) is 0 Å². The third kappa shape index (κ3) is 4.79. The van der Waals surface area contributed by atoms with E-state index in [2.05, 4.69) is 18.7 Å². The van der Waals surface area contributed by atoms with Crippen molar-refractivity contribution in [1.82, 2.24) is 4.90 Å². The van der Waals surface area contributed by atoms with Crippen LogP contribution in [0.25, 0.3) is 0 Å². The summed E-state index contributed by atoms with van der Waals surface area (Å²) in [5.74, 6) is 0.421. The maximum Gasteiger partial charge on any atom is 0.129 e. The quantitative estimate of drug-likeness (QED) is 0.783. The highest BCUT2D eigenvalue weighted by molar-refractivity contribution is 5.20. The number of hydrogen-bond acceptors (Lipinski definition) is 2. The Morgan fingerprint density at radius 1 is 1.24 bits per heavy atom. The van der Waals surface area contributed by atoms with Crippen molar-refractivity contribution in [2.45, 2.75) is 52.2 Å². The van der Waals surface area contributed by atoms with E-state index in [1.54, 1.807) is 18.2 Å². The first-order valence-electron chi connectivity index (χ1n) is 8.15. The zero-order valence-corrected chi connectivity index (χ0v) is 13.4. The van der Waals surface area contributed by atoms with Crippen LogP contribution in [0.3, 0.4) is 0 Å². The smallest absolute Gasteiger partial charge is 0.129 e. The fourth-order valence-electron chi connectivity index (χ4n) is 2.78. The van der Waals surface area contributed by atoms with E-state index in [4.69, 9.17) is 0 Å². The van der Waals surface area contributed by atoms with Crippen LogP contribution >= 0.6 is 0 Å². The van der Waals surface area contributed by atoms with Gasteiger partial charge in [-0.3, -0.25) is 0 Å². The molecule has 2 atom stereocenters. The second-order valence-electron chi connectivity index (χ2n) is 6.85. The van der Waals surface area contributed by atoms with E-state index in [1.807, 2.05) is 6.92 Å². The van der Waals surface area contributed by atoms with Crippen molar-refractivity contribution in [3.63, 3.8) is 0 Å². The molecule has 2 rings (SSSR count). The third-order valence-corrected chi connectivity index (χ3v) is 4.34. The lowest BCUT2D eigenvalue weighted by atomic mass is 9.96. The second-order valence-corrected chi connectivity index (χ2v) is 6.85. The molecule has 0 radical (unpaired) electrons. The van der Waals surface area contributed by atoms with Crippen LogP contribution in [0.4, 0.5) is 4.39 Å². The minimum absolute atomic E-state index is 0.0367. The standard InChI is InChI=1S/C18H28FNO/c1-13(2)10-11-20(15-8-9-15)12-14(3)18(21)16-6-4-5-7-17(16)19/h4-7,13-15,18,21H,8-12H2,1-3H3. The highest BCUT2D eigenvalue weighted by Gasteiger charge is 2.31. The number of hydrogen-bond donors (Lipinski definition) is 1. The van der Waals surface area contributed by atoms with E-state index in [0.717, 1.165) is 13.1 Å². The van der Waals surface area contributed by atoms with Gasteiger partial charge in [0.05, 0.1) is 6.10 Å². The van der Waals surface area contributed by atoms with Crippen molar-refractivity contribution in [2.24, 2.45) is 11.8 Å². The summed E-state index contributed by atoms with van der Waals surface area (Å²) in [6.07, 6.45) is 2.98. The normalized spacial score (nSPS) is 18.2. The van der Waals surface area contributed by atoms with E-state index in [9.17, 15) is 9.50 Å². The molecule has 118 valence electrons. The number of halogens is 1. The van der Waals surface area contributed by atoms with Gasteiger partial charge in [-0.25, -0.2) is 4.39 Å². The average molecular weight is 293 g/mol. The van der Waals surface area contributed by atoms with Gasteiger partial charge < -0.3 is 10.0 Å². The Bertz CT molecular complexity index is 445. The van der Waals surface area contributed by atoms with Crippen LogP contribution in [-0.4, -0.2) is 29.1 Å². The molecule has 0 aliphatic heterocycles. The molecule has 3 heteroatoms. The topological polar surface area (TPSA) is 23.5 Å². The van der Waals surface area contributed by atoms with Crippen LogP contribution in [0.2, 0.25) is 0 Å².